The van der Waals surface area contributed by atoms with Crippen LogP contribution >= 0.6 is 0 Å². The van der Waals surface area contributed by atoms with E-state index in [1.54, 1.807) is 4.90 Å². The number of hydrogen-bond donors (Lipinski definition) is 2. The molecule has 2 aromatic rings. The maximum atomic E-state index is 12.5. The summed E-state index contributed by atoms with van der Waals surface area (Å²) >= 11 is 0. The molecule has 1 heterocycles. The smallest absolute Gasteiger partial charge is 0.410 e. The van der Waals surface area contributed by atoms with Gasteiger partial charge in [-0.2, -0.15) is 0 Å². The van der Waals surface area contributed by atoms with Crippen LogP contribution in [0.1, 0.15) is 11.1 Å². The molecular weight excluding hydrogens is 364 g/mol. The van der Waals surface area contributed by atoms with Crippen molar-refractivity contribution in [3.8, 4) is 0 Å². The molecular formula is C23H32N4O2. The van der Waals surface area contributed by atoms with Crippen LogP contribution in [0.2, 0.25) is 0 Å². The molecule has 0 spiro atoms. The van der Waals surface area contributed by atoms with Crippen molar-refractivity contribution in [1.29, 1.82) is 0 Å². The Bertz CT molecular complexity index is 697. The van der Waals surface area contributed by atoms with Crippen LogP contribution in [0.5, 0.6) is 0 Å². The highest BCUT2D eigenvalue weighted by Gasteiger charge is 2.15. The minimum Gasteiger partial charge on any atom is -0.445 e. The summed E-state index contributed by atoms with van der Waals surface area (Å²) < 4.78 is 5.50. The Hall–Kier alpha value is -2.41. The van der Waals surface area contributed by atoms with Crippen LogP contribution in [0.25, 0.3) is 0 Å². The number of amides is 1. The number of hydrogen-bond acceptors (Lipinski definition) is 5. The fourth-order valence-electron chi connectivity index (χ4n) is 3.37. The molecule has 1 saturated heterocycles. The largest absolute Gasteiger partial charge is 0.445 e. The second kappa shape index (κ2) is 12.2. The summed E-state index contributed by atoms with van der Waals surface area (Å²) in [6, 6.07) is 20.4. The van der Waals surface area contributed by atoms with Crippen LogP contribution in [-0.2, 0) is 17.9 Å². The summed E-state index contributed by atoms with van der Waals surface area (Å²) in [6.45, 7) is 7.86. The molecule has 0 unspecified atom stereocenters. The SMILES string of the molecule is O=C(OCc1ccccc1)N1CCNCCN(Cc2ccccc2)CCNCC1. The van der Waals surface area contributed by atoms with Crippen molar-refractivity contribution in [1.82, 2.24) is 20.4 Å². The van der Waals surface area contributed by atoms with Crippen molar-refractivity contribution in [2.75, 3.05) is 52.4 Å². The van der Waals surface area contributed by atoms with Gasteiger partial charge in [-0.1, -0.05) is 60.7 Å². The van der Waals surface area contributed by atoms with E-state index >= 15 is 0 Å². The highest BCUT2D eigenvalue weighted by molar-refractivity contribution is 5.67. The van der Waals surface area contributed by atoms with E-state index in [2.05, 4.69) is 45.9 Å². The van der Waals surface area contributed by atoms with Crippen molar-refractivity contribution >= 4 is 6.09 Å². The fourth-order valence-corrected chi connectivity index (χ4v) is 3.37. The molecule has 1 fully saturated rings. The van der Waals surface area contributed by atoms with Crippen molar-refractivity contribution in [3.63, 3.8) is 0 Å². The van der Waals surface area contributed by atoms with E-state index in [1.807, 2.05) is 30.3 Å². The predicted molar refractivity (Wildman–Crippen MR) is 116 cm³/mol. The summed E-state index contributed by atoms with van der Waals surface area (Å²) in [7, 11) is 0. The average Bonchev–Trinajstić information content (AvgIpc) is 2.75. The lowest BCUT2D eigenvalue weighted by molar-refractivity contribution is 0.0961. The van der Waals surface area contributed by atoms with Crippen LogP contribution in [-0.4, -0.2) is 68.3 Å². The first-order chi connectivity index (χ1) is 14.3. The van der Waals surface area contributed by atoms with E-state index in [0.29, 0.717) is 19.7 Å². The number of ether oxygens (including phenoxy) is 1. The topological polar surface area (TPSA) is 56.8 Å². The Balaban J connectivity index is 1.44. The Morgan fingerprint density at radius 3 is 1.86 bits per heavy atom. The van der Waals surface area contributed by atoms with Crippen molar-refractivity contribution in [2.24, 2.45) is 0 Å². The number of carbonyl (C=O) groups is 1. The summed E-state index contributed by atoms with van der Waals surface area (Å²) in [5.74, 6) is 0. The van der Waals surface area contributed by atoms with Gasteiger partial charge in [-0.05, 0) is 11.1 Å². The molecule has 0 aliphatic carbocycles. The van der Waals surface area contributed by atoms with E-state index in [4.69, 9.17) is 4.74 Å². The minimum absolute atomic E-state index is 0.250. The monoisotopic (exact) mass is 396 g/mol. The van der Waals surface area contributed by atoms with E-state index in [9.17, 15) is 4.79 Å². The van der Waals surface area contributed by atoms with Crippen LogP contribution in [0.15, 0.2) is 60.7 Å². The third kappa shape index (κ3) is 7.85. The second-order valence-electron chi connectivity index (χ2n) is 7.29. The third-order valence-corrected chi connectivity index (χ3v) is 5.04. The van der Waals surface area contributed by atoms with Crippen LogP contribution in [0, 0.1) is 0 Å². The Labute approximate surface area is 173 Å². The normalized spacial score (nSPS) is 17.2. The van der Waals surface area contributed by atoms with E-state index in [0.717, 1.165) is 51.4 Å². The van der Waals surface area contributed by atoms with E-state index < -0.39 is 0 Å². The predicted octanol–water partition coefficient (Wildman–Crippen LogP) is 2.32. The molecule has 1 aliphatic rings. The van der Waals surface area contributed by atoms with Gasteiger partial charge < -0.3 is 20.3 Å². The van der Waals surface area contributed by atoms with Gasteiger partial charge in [0.2, 0.25) is 0 Å². The zero-order valence-electron chi connectivity index (χ0n) is 17.1. The number of carbonyl (C=O) groups excluding carboxylic acids is 1. The van der Waals surface area contributed by atoms with Gasteiger partial charge in [-0.15, -0.1) is 0 Å². The van der Waals surface area contributed by atoms with Crippen molar-refractivity contribution in [2.45, 2.75) is 13.2 Å². The molecule has 3 rings (SSSR count). The molecule has 29 heavy (non-hydrogen) atoms. The first kappa shape index (κ1) is 21.3. The number of rotatable bonds is 4. The quantitative estimate of drug-likeness (QED) is 0.831. The summed E-state index contributed by atoms with van der Waals surface area (Å²) in [5, 5.41) is 6.93. The van der Waals surface area contributed by atoms with Gasteiger partial charge in [0.25, 0.3) is 0 Å². The highest BCUT2D eigenvalue weighted by atomic mass is 16.6. The molecule has 6 heteroatoms. The number of nitrogens with one attached hydrogen (secondary N) is 2. The average molecular weight is 397 g/mol. The molecule has 2 N–H and O–H groups in total. The molecule has 0 saturated carbocycles. The molecule has 6 nitrogen and oxygen atoms in total. The fraction of sp³-hybridized carbons (Fsp3) is 0.435. The Morgan fingerprint density at radius 2 is 1.28 bits per heavy atom. The Kier molecular flexibility index (Phi) is 8.97. The van der Waals surface area contributed by atoms with Gasteiger partial charge in [-0.25, -0.2) is 4.79 Å². The minimum atomic E-state index is -0.250. The molecule has 1 amide bonds. The molecule has 0 aromatic heterocycles. The third-order valence-electron chi connectivity index (χ3n) is 5.04. The van der Waals surface area contributed by atoms with E-state index in [1.165, 1.54) is 5.56 Å². The molecule has 156 valence electrons. The lowest BCUT2D eigenvalue weighted by Crippen LogP contribution is -2.45. The lowest BCUT2D eigenvalue weighted by Gasteiger charge is -2.26. The Morgan fingerprint density at radius 1 is 0.759 bits per heavy atom. The van der Waals surface area contributed by atoms with Crippen LogP contribution in [0.4, 0.5) is 4.79 Å². The number of benzene rings is 2. The van der Waals surface area contributed by atoms with Gasteiger partial charge in [0, 0.05) is 58.9 Å². The molecule has 0 radical (unpaired) electrons. The van der Waals surface area contributed by atoms with Crippen molar-refractivity contribution < 1.29 is 9.53 Å². The zero-order valence-corrected chi connectivity index (χ0v) is 17.1. The first-order valence-corrected chi connectivity index (χ1v) is 10.4. The zero-order chi connectivity index (χ0) is 20.2. The summed E-state index contributed by atoms with van der Waals surface area (Å²) in [5.41, 5.74) is 2.34. The van der Waals surface area contributed by atoms with Gasteiger partial charge in [0.15, 0.2) is 0 Å². The van der Waals surface area contributed by atoms with Crippen molar-refractivity contribution in [3.05, 3.63) is 71.8 Å². The van der Waals surface area contributed by atoms with Gasteiger partial charge in [0.05, 0.1) is 0 Å². The standard InChI is InChI=1S/C23H32N4O2/c28-23(29-20-22-9-5-2-6-10-22)27-17-13-24-11-15-26(16-12-25-14-18-27)19-21-7-3-1-4-8-21/h1-10,24-25H,11-20H2. The lowest BCUT2D eigenvalue weighted by atomic mass is 10.2. The summed E-state index contributed by atoms with van der Waals surface area (Å²) in [6.07, 6.45) is -0.250. The summed E-state index contributed by atoms with van der Waals surface area (Å²) in [4.78, 5) is 16.7. The first-order valence-electron chi connectivity index (χ1n) is 10.4. The second-order valence-corrected chi connectivity index (χ2v) is 7.29. The molecule has 0 atom stereocenters. The van der Waals surface area contributed by atoms with Gasteiger partial charge >= 0.3 is 6.09 Å². The molecule has 2 aromatic carbocycles. The van der Waals surface area contributed by atoms with Crippen LogP contribution < -0.4 is 10.6 Å². The number of nitrogens with zero attached hydrogens (tertiary/aromatic N) is 2. The van der Waals surface area contributed by atoms with E-state index in [-0.39, 0.29) is 6.09 Å². The maximum absolute atomic E-state index is 12.5. The highest BCUT2D eigenvalue weighted by Crippen LogP contribution is 2.05. The maximum Gasteiger partial charge on any atom is 0.410 e. The van der Waals surface area contributed by atoms with Gasteiger partial charge in [-0.3, -0.25) is 4.90 Å². The van der Waals surface area contributed by atoms with Gasteiger partial charge in [0.1, 0.15) is 6.61 Å². The molecule has 0 bridgehead atoms. The molecule has 1 aliphatic heterocycles. The van der Waals surface area contributed by atoms with Crippen LogP contribution in [0.3, 0.4) is 0 Å².